The van der Waals surface area contributed by atoms with Crippen molar-refractivity contribution in [3.05, 3.63) is 84.1 Å². The molecule has 1 amide bonds. The van der Waals surface area contributed by atoms with Crippen molar-refractivity contribution in [1.82, 2.24) is 5.32 Å². The van der Waals surface area contributed by atoms with Gasteiger partial charge in [-0.3, -0.25) is 4.79 Å². The SMILES string of the molecule is CC(C)OC(=O)NCc1cc(OCCCCOc2ccc3c(-c4ccccc4)coc3c2)ccc1CCC(=O)O. The van der Waals surface area contributed by atoms with Gasteiger partial charge in [0.25, 0.3) is 0 Å². The Bertz CT molecular complexity index is 1410. The number of unbranched alkanes of at least 4 members (excludes halogenated alkanes) is 1. The van der Waals surface area contributed by atoms with E-state index in [9.17, 15) is 9.59 Å². The number of aliphatic carboxylic acids is 1. The van der Waals surface area contributed by atoms with Crippen molar-refractivity contribution in [3.63, 3.8) is 0 Å². The molecule has 0 saturated carbocycles. The van der Waals surface area contributed by atoms with Crippen LogP contribution >= 0.6 is 0 Å². The number of carboxylic acid groups (broad SMARTS) is 1. The molecular weight excluding hydrogens is 510 g/mol. The number of aryl methyl sites for hydroxylation is 1. The van der Waals surface area contributed by atoms with E-state index in [4.69, 9.17) is 23.7 Å². The summed E-state index contributed by atoms with van der Waals surface area (Å²) in [6.07, 6.45) is 2.98. The molecule has 210 valence electrons. The zero-order valence-electron chi connectivity index (χ0n) is 22.9. The van der Waals surface area contributed by atoms with Crippen LogP contribution < -0.4 is 14.8 Å². The Morgan fingerprint density at radius 1 is 0.900 bits per heavy atom. The molecule has 4 aromatic rings. The largest absolute Gasteiger partial charge is 0.494 e. The van der Waals surface area contributed by atoms with E-state index in [0.29, 0.717) is 25.4 Å². The van der Waals surface area contributed by atoms with Gasteiger partial charge in [-0.1, -0.05) is 36.4 Å². The molecule has 0 fully saturated rings. The minimum Gasteiger partial charge on any atom is -0.494 e. The van der Waals surface area contributed by atoms with Crippen molar-refractivity contribution in [1.29, 1.82) is 0 Å². The molecule has 0 radical (unpaired) electrons. The Balaban J connectivity index is 1.25. The van der Waals surface area contributed by atoms with E-state index in [-0.39, 0.29) is 19.1 Å². The summed E-state index contributed by atoms with van der Waals surface area (Å²) in [6.45, 7) is 4.81. The highest BCUT2D eigenvalue weighted by Gasteiger charge is 2.11. The molecule has 1 heterocycles. The number of alkyl carbamates (subject to hydrolysis) is 1. The van der Waals surface area contributed by atoms with Crippen molar-refractivity contribution in [2.75, 3.05) is 13.2 Å². The number of benzene rings is 3. The summed E-state index contributed by atoms with van der Waals surface area (Å²) in [5, 5.41) is 12.8. The van der Waals surface area contributed by atoms with E-state index in [1.165, 1.54) is 0 Å². The highest BCUT2D eigenvalue weighted by molar-refractivity contribution is 5.94. The van der Waals surface area contributed by atoms with Gasteiger partial charge in [0.2, 0.25) is 0 Å². The summed E-state index contributed by atoms with van der Waals surface area (Å²) < 4.78 is 22.7. The Morgan fingerprint density at radius 3 is 2.30 bits per heavy atom. The summed E-state index contributed by atoms with van der Waals surface area (Å²) in [5.74, 6) is 0.542. The number of nitrogens with one attached hydrogen (secondary N) is 1. The van der Waals surface area contributed by atoms with E-state index in [1.807, 2.05) is 54.6 Å². The first-order valence-corrected chi connectivity index (χ1v) is 13.5. The minimum atomic E-state index is -0.873. The number of furan rings is 1. The standard InChI is InChI=1S/C32H35NO7/c1-22(2)40-32(36)33-20-25-18-26(12-10-23(25)11-15-31(34)35)37-16-6-7-17-38-27-13-14-28-29(21-39-30(28)19-27)24-8-4-3-5-9-24/h3-5,8-10,12-14,18-19,21-22H,6-7,11,15-17,20H2,1-2H3,(H,33,36)(H,34,35). The molecule has 8 nitrogen and oxygen atoms in total. The second-order valence-corrected chi connectivity index (χ2v) is 9.71. The molecule has 0 saturated heterocycles. The first kappa shape index (κ1) is 28.5. The first-order valence-electron chi connectivity index (χ1n) is 13.5. The van der Waals surface area contributed by atoms with Gasteiger partial charge in [0.1, 0.15) is 17.1 Å². The van der Waals surface area contributed by atoms with E-state index >= 15 is 0 Å². The lowest BCUT2D eigenvalue weighted by atomic mass is 10.0. The normalized spacial score (nSPS) is 11.0. The number of carbonyl (C=O) groups excluding carboxylic acids is 1. The van der Waals surface area contributed by atoms with Crippen molar-refractivity contribution in [2.45, 2.75) is 52.2 Å². The lowest BCUT2D eigenvalue weighted by molar-refractivity contribution is -0.136. The summed E-state index contributed by atoms with van der Waals surface area (Å²) in [5.41, 5.74) is 4.60. The number of carbonyl (C=O) groups is 2. The van der Waals surface area contributed by atoms with Crippen molar-refractivity contribution in [3.8, 4) is 22.6 Å². The second kappa shape index (κ2) is 14.1. The summed E-state index contributed by atoms with van der Waals surface area (Å²) in [7, 11) is 0. The Hall–Kier alpha value is -4.46. The number of fused-ring (bicyclic) bond motifs is 1. The van der Waals surface area contributed by atoms with Gasteiger partial charge in [-0.05, 0) is 74.1 Å². The average Bonchev–Trinajstić information content (AvgIpc) is 3.36. The molecule has 40 heavy (non-hydrogen) atoms. The second-order valence-electron chi connectivity index (χ2n) is 9.71. The van der Waals surface area contributed by atoms with Gasteiger partial charge in [0.15, 0.2) is 0 Å². The molecule has 0 atom stereocenters. The van der Waals surface area contributed by atoms with E-state index in [1.54, 1.807) is 20.1 Å². The van der Waals surface area contributed by atoms with Crippen LogP contribution in [-0.4, -0.2) is 36.5 Å². The number of amides is 1. The van der Waals surface area contributed by atoms with Crippen LogP contribution in [0.15, 0.2) is 77.4 Å². The third-order valence-electron chi connectivity index (χ3n) is 6.26. The molecular formula is C32H35NO7. The number of hydrogen-bond donors (Lipinski definition) is 2. The lowest BCUT2D eigenvalue weighted by Crippen LogP contribution is -2.26. The van der Waals surface area contributed by atoms with Gasteiger partial charge >= 0.3 is 12.1 Å². The summed E-state index contributed by atoms with van der Waals surface area (Å²) in [6, 6.07) is 21.5. The highest BCUT2D eigenvalue weighted by atomic mass is 16.6. The van der Waals surface area contributed by atoms with Crippen LogP contribution in [0.4, 0.5) is 4.79 Å². The van der Waals surface area contributed by atoms with Crippen LogP contribution in [0.2, 0.25) is 0 Å². The van der Waals surface area contributed by atoms with Gasteiger partial charge in [0.05, 0.1) is 25.6 Å². The number of carboxylic acids is 1. The minimum absolute atomic E-state index is 0.00465. The molecule has 4 rings (SSSR count). The van der Waals surface area contributed by atoms with E-state index < -0.39 is 12.1 Å². The van der Waals surface area contributed by atoms with Crippen LogP contribution in [0.1, 0.15) is 44.2 Å². The molecule has 8 heteroatoms. The predicted molar refractivity (Wildman–Crippen MR) is 153 cm³/mol. The van der Waals surface area contributed by atoms with E-state index in [2.05, 4.69) is 17.4 Å². The van der Waals surface area contributed by atoms with Crippen molar-refractivity contribution in [2.24, 2.45) is 0 Å². The maximum atomic E-state index is 11.9. The van der Waals surface area contributed by atoms with E-state index in [0.717, 1.165) is 51.8 Å². The molecule has 0 aliphatic heterocycles. The smallest absolute Gasteiger partial charge is 0.407 e. The zero-order chi connectivity index (χ0) is 28.3. The molecule has 0 aliphatic rings. The fraction of sp³-hybridized carbons (Fsp3) is 0.312. The monoisotopic (exact) mass is 545 g/mol. The summed E-state index contributed by atoms with van der Waals surface area (Å²) in [4.78, 5) is 23.0. The van der Waals surface area contributed by atoms with Gasteiger partial charge in [-0.25, -0.2) is 4.79 Å². The Labute approximate surface area is 233 Å². The van der Waals surface area contributed by atoms with Crippen LogP contribution in [-0.2, 0) is 22.5 Å². The number of hydrogen-bond acceptors (Lipinski definition) is 6. The molecule has 0 aliphatic carbocycles. The van der Waals surface area contributed by atoms with Crippen LogP contribution in [0.3, 0.4) is 0 Å². The van der Waals surface area contributed by atoms with Crippen LogP contribution in [0.5, 0.6) is 11.5 Å². The van der Waals surface area contributed by atoms with Crippen molar-refractivity contribution >= 4 is 23.0 Å². The predicted octanol–water partition coefficient (Wildman–Crippen LogP) is 6.99. The van der Waals surface area contributed by atoms with Gasteiger partial charge in [0, 0.05) is 30.0 Å². The fourth-order valence-corrected chi connectivity index (χ4v) is 4.29. The Kier molecular flexibility index (Phi) is 10.0. The molecule has 3 aromatic carbocycles. The zero-order valence-corrected chi connectivity index (χ0v) is 22.9. The summed E-state index contributed by atoms with van der Waals surface area (Å²) >= 11 is 0. The van der Waals surface area contributed by atoms with Gasteiger partial charge < -0.3 is 29.1 Å². The molecule has 1 aromatic heterocycles. The average molecular weight is 546 g/mol. The van der Waals surface area contributed by atoms with Gasteiger partial charge in [-0.2, -0.15) is 0 Å². The molecule has 2 N–H and O–H groups in total. The fourth-order valence-electron chi connectivity index (χ4n) is 4.29. The topological polar surface area (TPSA) is 107 Å². The maximum absolute atomic E-state index is 11.9. The number of ether oxygens (including phenoxy) is 3. The molecule has 0 spiro atoms. The molecule has 0 bridgehead atoms. The van der Waals surface area contributed by atoms with Crippen LogP contribution in [0, 0.1) is 0 Å². The van der Waals surface area contributed by atoms with Gasteiger partial charge in [-0.15, -0.1) is 0 Å². The van der Waals surface area contributed by atoms with Crippen LogP contribution in [0.25, 0.3) is 22.1 Å². The Morgan fingerprint density at radius 2 is 1.60 bits per heavy atom. The highest BCUT2D eigenvalue weighted by Crippen LogP contribution is 2.32. The third-order valence-corrected chi connectivity index (χ3v) is 6.26. The maximum Gasteiger partial charge on any atom is 0.407 e. The van der Waals surface area contributed by atoms with Crippen molar-refractivity contribution < 1.29 is 33.3 Å². The molecule has 0 unspecified atom stereocenters. The lowest BCUT2D eigenvalue weighted by Gasteiger charge is -2.14. The third kappa shape index (κ3) is 8.27. The number of rotatable bonds is 14. The quantitative estimate of drug-likeness (QED) is 0.164. The first-order chi connectivity index (χ1) is 19.4.